The third kappa shape index (κ3) is 6.62. The topological polar surface area (TPSA) is 66.5 Å². The number of anilines is 2. The third-order valence-corrected chi connectivity index (χ3v) is 6.46. The van der Waals surface area contributed by atoms with E-state index < -0.39 is 35.1 Å². The number of carbonyl (C=O) groups is 1. The van der Waals surface area contributed by atoms with Crippen LogP contribution in [0.4, 0.5) is 37.8 Å². The highest BCUT2D eigenvalue weighted by Gasteiger charge is 2.60. The molecule has 0 radical (unpaired) electrons. The number of rotatable bonds is 9. The molecular formula is C27H26F6N4O2. The van der Waals surface area contributed by atoms with Gasteiger partial charge in [-0.15, -0.1) is 0 Å². The van der Waals surface area contributed by atoms with E-state index in [2.05, 4.69) is 15.6 Å². The highest BCUT2D eigenvalue weighted by molar-refractivity contribution is 6.07. The Hall–Kier alpha value is -3.80. The number of nitrogens with zero attached hydrogens (tertiary/aromatic N) is 2. The Kier molecular flexibility index (Phi) is 8.34. The summed E-state index contributed by atoms with van der Waals surface area (Å²) in [7, 11) is 1.82. The van der Waals surface area contributed by atoms with E-state index in [0.717, 1.165) is 30.7 Å². The molecule has 0 unspecified atom stereocenters. The Morgan fingerprint density at radius 3 is 2.51 bits per heavy atom. The van der Waals surface area contributed by atoms with E-state index >= 15 is 0 Å². The van der Waals surface area contributed by atoms with Gasteiger partial charge < -0.3 is 20.3 Å². The van der Waals surface area contributed by atoms with Gasteiger partial charge in [0.05, 0.1) is 11.1 Å². The maximum absolute atomic E-state index is 14.3. The summed E-state index contributed by atoms with van der Waals surface area (Å²) in [5.74, 6) is -6.71. The van der Waals surface area contributed by atoms with Crippen LogP contribution in [0.3, 0.4) is 0 Å². The first kappa shape index (κ1) is 28.2. The monoisotopic (exact) mass is 552 g/mol. The van der Waals surface area contributed by atoms with Crippen molar-refractivity contribution in [3.8, 4) is 5.75 Å². The Morgan fingerprint density at radius 1 is 1.10 bits per heavy atom. The number of pyridine rings is 1. The van der Waals surface area contributed by atoms with Crippen molar-refractivity contribution in [2.75, 3.05) is 30.8 Å². The number of carbonyl (C=O) groups excluding carboxylic acids is 1. The van der Waals surface area contributed by atoms with Gasteiger partial charge in [0, 0.05) is 30.5 Å². The van der Waals surface area contributed by atoms with Gasteiger partial charge in [-0.25, -0.2) is 9.37 Å². The molecule has 2 N–H and O–H groups in total. The van der Waals surface area contributed by atoms with Crippen molar-refractivity contribution in [3.05, 3.63) is 83.3 Å². The number of likely N-dealkylation sites (N-methyl/N-ethyl adjacent to an activating group) is 1. The van der Waals surface area contributed by atoms with E-state index in [4.69, 9.17) is 4.74 Å². The fraction of sp³-hybridized carbons (Fsp3) is 0.333. The Morgan fingerprint density at radius 2 is 1.85 bits per heavy atom. The van der Waals surface area contributed by atoms with E-state index in [0.29, 0.717) is 12.5 Å². The lowest BCUT2D eigenvalue weighted by Crippen LogP contribution is -2.35. The number of aromatic nitrogens is 1. The normalized spacial score (nSPS) is 16.2. The van der Waals surface area contributed by atoms with E-state index in [-0.39, 0.29) is 36.3 Å². The molecule has 0 spiro atoms. The maximum atomic E-state index is 14.3. The van der Waals surface area contributed by atoms with Gasteiger partial charge in [-0.3, -0.25) is 4.79 Å². The first-order chi connectivity index (χ1) is 18.5. The van der Waals surface area contributed by atoms with Crippen LogP contribution < -0.4 is 15.4 Å². The summed E-state index contributed by atoms with van der Waals surface area (Å²) in [6.07, 6.45) is -2.81. The van der Waals surface area contributed by atoms with Gasteiger partial charge in [-0.2, -0.15) is 22.0 Å². The second kappa shape index (κ2) is 11.5. The van der Waals surface area contributed by atoms with Crippen LogP contribution in [0.15, 0.2) is 60.8 Å². The predicted molar refractivity (Wildman–Crippen MR) is 133 cm³/mol. The quantitative estimate of drug-likeness (QED) is 0.309. The number of nitrogens with one attached hydrogen (secondary N) is 2. The van der Waals surface area contributed by atoms with Gasteiger partial charge in [-0.1, -0.05) is 12.1 Å². The lowest BCUT2D eigenvalue weighted by atomic mass is 10.1. The van der Waals surface area contributed by atoms with Crippen LogP contribution in [0.2, 0.25) is 0 Å². The number of benzene rings is 2. The Bertz CT molecular complexity index is 1300. The average Bonchev–Trinajstić information content (AvgIpc) is 3.31. The highest BCUT2D eigenvalue weighted by Crippen LogP contribution is 2.47. The highest BCUT2D eigenvalue weighted by atomic mass is 19.4. The van der Waals surface area contributed by atoms with Gasteiger partial charge in [0.25, 0.3) is 5.91 Å². The molecular weight excluding hydrogens is 526 g/mol. The molecule has 4 rings (SSSR count). The molecule has 0 bridgehead atoms. The smallest absolute Gasteiger partial charge is 0.458 e. The van der Waals surface area contributed by atoms with Crippen LogP contribution in [0.25, 0.3) is 0 Å². The molecule has 1 saturated heterocycles. The zero-order valence-corrected chi connectivity index (χ0v) is 20.9. The lowest BCUT2D eigenvalue weighted by molar-refractivity contribution is -0.289. The van der Waals surface area contributed by atoms with Crippen LogP contribution in [-0.2, 0) is 12.5 Å². The second-order valence-electron chi connectivity index (χ2n) is 9.20. The molecule has 2 heterocycles. The SMILES string of the molecule is CN1CCC[C@@H]1COc1cc(NC(=O)c2cccnc2NCc2ccc(F)cc2)ccc1C(F)(F)C(F)(F)F. The molecule has 1 aliphatic heterocycles. The number of likely N-dealkylation sites (tertiary alicyclic amines) is 1. The zero-order chi connectivity index (χ0) is 28.2. The van der Waals surface area contributed by atoms with Gasteiger partial charge in [0.15, 0.2) is 0 Å². The molecule has 0 saturated carbocycles. The van der Waals surface area contributed by atoms with Crippen molar-refractivity contribution in [2.45, 2.75) is 37.5 Å². The van der Waals surface area contributed by atoms with Crippen LogP contribution in [-0.4, -0.2) is 48.2 Å². The molecule has 2 aromatic carbocycles. The van der Waals surface area contributed by atoms with Crippen LogP contribution >= 0.6 is 0 Å². The minimum Gasteiger partial charge on any atom is -0.491 e. The maximum Gasteiger partial charge on any atom is 0.458 e. The minimum atomic E-state index is -5.83. The number of amides is 1. The summed E-state index contributed by atoms with van der Waals surface area (Å²) in [5, 5.41) is 5.49. The number of hydrogen-bond acceptors (Lipinski definition) is 5. The summed E-state index contributed by atoms with van der Waals surface area (Å²) in [5.41, 5.74) is -0.551. The van der Waals surface area contributed by atoms with Crippen LogP contribution in [0, 0.1) is 5.82 Å². The largest absolute Gasteiger partial charge is 0.491 e. The molecule has 39 heavy (non-hydrogen) atoms. The summed E-state index contributed by atoms with van der Waals surface area (Å²) in [6.45, 7) is 0.902. The van der Waals surface area contributed by atoms with Gasteiger partial charge >= 0.3 is 12.1 Å². The fourth-order valence-electron chi connectivity index (χ4n) is 4.22. The summed E-state index contributed by atoms with van der Waals surface area (Å²) < 4.78 is 86.8. The van der Waals surface area contributed by atoms with E-state index in [9.17, 15) is 31.1 Å². The second-order valence-corrected chi connectivity index (χ2v) is 9.20. The van der Waals surface area contributed by atoms with E-state index in [1.165, 1.54) is 30.5 Å². The predicted octanol–water partition coefficient (Wildman–Crippen LogP) is 6.21. The summed E-state index contributed by atoms with van der Waals surface area (Å²) >= 11 is 0. The Labute approximate surface area is 221 Å². The van der Waals surface area contributed by atoms with Crippen molar-refractivity contribution in [1.82, 2.24) is 9.88 Å². The lowest BCUT2D eigenvalue weighted by Gasteiger charge is -2.25. The molecule has 1 fully saturated rings. The number of alkyl halides is 5. The molecule has 1 amide bonds. The standard InChI is InChI=1S/C27H26F6N4O2/c1-37-13-3-4-20(37)16-39-23-14-19(10-11-22(23)26(29,30)27(31,32)33)36-25(38)21-5-2-12-34-24(21)35-15-17-6-8-18(28)9-7-17/h2,5-12,14,20H,3-4,13,15-16H2,1H3,(H,34,35)(H,36,38)/t20-/m1/s1. The molecule has 1 aliphatic rings. The zero-order valence-electron chi connectivity index (χ0n) is 20.9. The van der Waals surface area contributed by atoms with Gasteiger partial charge in [0.1, 0.15) is 24.0 Å². The first-order valence-electron chi connectivity index (χ1n) is 12.1. The third-order valence-electron chi connectivity index (χ3n) is 6.46. The van der Waals surface area contributed by atoms with E-state index in [1.54, 1.807) is 12.1 Å². The number of halogens is 6. The van der Waals surface area contributed by atoms with Crippen molar-refractivity contribution in [1.29, 1.82) is 0 Å². The van der Waals surface area contributed by atoms with Crippen molar-refractivity contribution in [3.63, 3.8) is 0 Å². The molecule has 6 nitrogen and oxygen atoms in total. The van der Waals surface area contributed by atoms with Crippen molar-refractivity contribution < 1.29 is 35.9 Å². The van der Waals surface area contributed by atoms with Crippen LogP contribution in [0.1, 0.15) is 34.3 Å². The summed E-state index contributed by atoms with van der Waals surface area (Å²) in [6, 6.07) is 11.1. The van der Waals surface area contributed by atoms with Crippen molar-refractivity contribution in [2.24, 2.45) is 0 Å². The Balaban J connectivity index is 1.55. The van der Waals surface area contributed by atoms with Gasteiger partial charge in [0.2, 0.25) is 0 Å². The molecule has 208 valence electrons. The number of ether oxygens (including phenoxy) is 1. The van der Waals surface area contributed by atoms with E-state index in [1.807, 2.05) is 11.9 Å². The van der Waals surface area contributed by atoms with Gasteiger partial charge in [-0.05, 0) is 68.4 Å². The first-order valence-corrected chi connectivity index (χ1v) is 12.1. The minimum absolute atomic E-state index is 0.0372. The number of hydrogen-bond donors (Lipinski definition) is 2. The molecule has 12 heteroatoms. The van der Waals surface area contributed by atoms with Crippen LogP contribution in [0.5, 0.6) is 5.75 Å². The molecule has 1 atom stereocenters. The average molecular weight is 553 g/mol. The molecule has 3 aromatic rings. The molecule has 0 aliphatic carbocycles. The fourth-order valence-corrected chi connectivity index (χ4v) is 4.22. The molecule has 1 aromatic heterocycles. The van der Waals surface area contributed by atoms with Crippen molar-refractivity contribution >= 4 is 17.4 Å². The summed E-state index contributed by atoms with van der Waals surface area (Å²) in [4.78, 5) is 19.1.